The molecule has 0 bridgehead atoms. The summed E-state index contributed by atoms with van der Waals surface area (Å²) in [6.45, 7) is 7.96. The second-order valence-corrected chi connectivity index (χ2v) is 10.2. The quantitative estimate of drug-likeness (QED) is 0.791. The lowest BCUT2D eigenvalue weighted by atomic mass is 10.0. The van der Waals surface area contributed by atoms with Gasteiger partial charge in [0.25, 0.3) is 5.91 Å². The maximum atomic E-state index is 13.0. The minimum atomic E-state index is -3.57. The first-order chi connectivity index (χ1) is 12.7. The van der Waals surface area contributed by atoms with Gasteiger partial charge in [0.05, 0.1) is 16.6 Å². The molecule has 1 atom stereocenters. The first kappa shape index (κ1) is 20.3. The number of nitrogens with zero attached hydrogens (tertiary/aromatic N) is 2. The number of carbonyl (C=O) groups excluding carboxylic acids is 1. The van der Waals surface area contributed by atoms with Crippen LogP contribution in [0.1, 0.15) is 56.8 Å². The summed E-state index contributed by atoms with van der Waals surface area (Å²) in [6.07, 6.45) is 3.85. The summed E-state index contributed by atoms with van der Waals surface area (Å²) in [5.74, 6) is -0.147. The summed E-state index contributed by atoms with van der Waals surface area (Å²) in [6, 6.07) is 6.46. The van der Waals surface area contributed by atoms with Crippen molar-refractivity contribution in [2.24, 2.45) is 0 Å². The molecule has 0 aliphatic carbocycles. The predicted molar refractivity (Wildman–Crippen MR) is 104 cm³/mol. The maximum Gasteiger partial charge on any atom is 0.254 e. The first-order valence-corrected chi connectivity index (χ1v) is 11.2. The van der Waals surface area contributed by atoms with Crippen molar-refractivity contribution in [2.45, 2.75) is 63.1 Å². The van der Waals surface area contributed by atoms with Crippen molar-refractivity contribution in [3.63, 3.8) is 0 Å². The van der Waals surface area contributed by atoms with Gasteiger partial charge in [0.1, 0.15) is 0 Å². The van der Waals surface area contributed by atoms with Gasteiger partial charge in [0.15, 0.2) is 0 Å². The van der Waals surface area contributed by atoms with E-state index in [0.717, 1.165) is 25.7 Å². The molecule has 0 saturated carbocycles. The van der Waals surface area contributed by atoms with Crippen LogP contribution < -0.4 is 0 Å². The van der Waals surface area contributed by atoms with Crippen molar-refractivity contribution in [3.05, 3.63) is 29.8 Å². The highest BCUT2D eigenvalue weighted by molar-refractivity contribution is 7.89. The van der Waals surface area contributed by atoms with Crippen LogP contribution >= 0.6 is 0 Å². The highest BCUT2D eigenvalue weighted by Crippen LogP contribution is 2.25. The summed E-state index contributed by atoms with van der Waals surface area (Å²) in [5, 5.41) is 0. The number of rotatable bonds is 3. The molecule has 2 fully saturated rings. The molecule has 2 saturated heterocycles. The van der Waals surface area contributed by atoms with E-state index in [9.17, 15) is 13.2 Å². The average Bonchev–Trinajstić information content (AvgIpc) is 2.89. The van der Waals surface area contributed by atoms with Gasteiger partial charge in [-0.3, -0.25) is 4.79 Å². The topological polar surface area (TPSA) is 66.9 Å². The number of benzene rings is 1. The number of ether oxygens (including phenoxy) is 1. The zero-order valence-corrected chi connectivity index (χ0v) is 17.3. The lowest BCUT2D eigenvalue weighted by Gasteiger charge is -2.41. The smallest absolute Gasteiger partial charge is 0.254 e. The summed E-state index contributed by atoms with van der Waals surface area (Å²) in [7, 11) is -3.57. The highest BCUT2D eigenvalue weighted by Gasteiger charge is 2.34. The summed E-state index contributed by atoms with van der Waals surface area (Å²) >= 11 is 0. The highest BCUT2D eigenvalue weighted by atomic mass is 32.2. The molecule has 1 unspecified atom stereocenters. The number of carbonyl (C=O) groups is 1. The van der Waals surface area contributed by atoms with Gasteiger partial charge >= 0.3 is 0 Å². The number of hydrogen-bond donors (Lipinski definition) is 0. The number of amides is 1. The lowest BCUT2D eigenvalue weighted by Crippen LogP contribution is -2.53. The van der Waals surface area contributed by atoms with Crippen LogP contribution in [0.4, 0.5) is 0 Å². The Labute approximate surface area is 162 Å². The standard InChI is InChI=1S/C20H30N2O4S/c1-16-14-21(15-20(2,3)26-16)19(23)17-9-8-10-18(13-17)27(24,25)22-11-6-4-5-7-12-22/h8-10,13,16H,4-7,11-12,14-15H2,1-3H3. The Morgan fingerprint density at radius 1 is 1.15 bits per heavy atom. The first-order valence-electron chi connectivity index (χ1n) is 9.76. The summed E-state index contributed by atoms with van der Waals surface area (Å²) in [5.41, 5.74) is -0.000852. The maximum absolute atomic E-state index is 13.0. The zero-order chi connectivity index (χ0) is 19.7. The van der Waals surface area contributed by atoms with Crippen LogP contribution in [-0.4, -0.2) is 61.4 Å². The van der Waals surface area contributed by atoms with E-state index in [-0.39, 0.29) is 16.9 Å². The third kappa shape index (κ3) is 4.70. The molecule has 2 aliphatic rings. The van der Waals surface area contributed by atoms with Gasteiger partial charge in [-0.15, -0.1) is 0 Å². The van der Waals surface area contributed by atoms with Crippen molar-refractivity contribution in [1.29, 1.82) is 0 Å². The molecule has 7 heteroatoms. The van der Waals surface area contributed by atoms with Gasteiger partial charge in [-0.05, 0) is 51.8 Å². The molecule has 2 heterocycles. The van der Waals surface area contributed by atoms with Gasteiger partial charge in [-0.25, -0.2) is 8.42 Å². The third-order valence-electron chi connectivity index (χ3n) is 5.14. The Bertz CT molecular complexity index is 783. The minimum Gasteiger partial charge on any atom is -0.369 e. The van der Waals surface area contributed by atoms with Crippen molar-refractivity contribution in [2.75, 3.05) is 26.2 Å². The van der Waals surface area contributed by atoms with Crippen LogP contribution in [0.15, 0.2) is 29.2 Å². The van der Waals surface area contributed by atoms with E-state index in [1.165, 1.54) is 6.07 Å². The molecule has 3 rings (SSSR count). The van der Waals surface area contributed by atoms with E-state index in [1.807, 2.05) is 20.8 Å². The fourth-order valence-corrected chi connectivity index (χ4v) is 5.58. The molecule has 0 N–H and O–H groups in total. The normalized spacial score (nSPS) is 24.4. The monoisotopic (exact) mass is 394 g/mol. The minimum absolute atomic E-state index is 0.0540. The third-order valence-corrected chi connectivity index (χ3v) is 7.03. The van der Waals surface area contributed by atoms with Crippen molar-refractivity contribution in [3.8, 4) is 0 Å². The van der Waals surface area contributed by atoms with Crippen LogP contribution in [0.25, 0.3) is 0 Å². The Hall–Kier alpha value is -1.44. The van der Waals surface area contributed by atoms with E-state index in [4.69, 9.17) is 4.74 Å². The number of morpholine rings is 1. The molecule has 6 nitrogen and oxygen atoms in total. The second kappa shape index (κ2) is 7.89. The molecule has 2 aliphatic heterocycles. The van der Waals surface area contributed by atoms with E-state index < -0.39 is 15.6 Å². The van der Waals surface area contributed by atoms with Crippen LogP contribution in [0.5, 0.6) is 0 Å². The van der Waals surface area contributed by atoms with Crippen molar-refractivity contribution >= 4 is 15.9 Å². The molecule has 0 aromatic heterocycles. The lowest BCUT2D eigenvalue weighted by molar-refractivity contribution is -0.118. The number of sulfonamides is 1. The molecule has 0 radical (unpaired) electrons. The summed E-state index contributed by atoms with van der Waals surface area (Å²) < 4.78 is 33.5. The Kier molecular flexibility index (Phi) is 5.93. The molecule has 27 heavy (non-hydrogen) atoms. The molecular formula is C20H30N2O4S. The zero-order valence-electron chi connectivity index (χ0n) is 16.5. The fourth-order valence-electron chi connectivity index (χ4n) is 4.01. The van der Waals surface area contributed by atoms with Gasteiger partial charge in [-0.2, -0.15) is 4.31 Å². The van der Waals surface area contributed by atoms with E-state index in [0.29, 0.717) is 31.7 Å². The van der Waals surface area contributed by atoms with Crippen LogP contribution in [0.3, 0.4) is 0 Å². The molecule has 1 aromatic carbocycles. The average molecular weight is 395 g/mol. The SMILES string of the molecule is CC1CN(C(=O)c2cccc(S(=O)(=O)N3CCCCCC3)c2)CC(C)(C)O1. The van der Waals surface area contributed by atoms with Crippen LogP contribution in [0.2, 0.25) is 0 Å². The second-order valence-electron chi connectivity index (χ2n) is 8.22. The Morgan fingerprint density at radius 2 is 1.81 bits per heavy atom. The van der Waals surface area contributed by atoms with E-state index in [1.54, 1.807) is 27.4 Å². The molecule has 0 spiro atoms. The van der Waals surface area contributed by atoms with Crippen LogP contribution in [-0.2, 0) is 14.8 Å². The molecular weight excluding hydrogens is 364 g/mol. The molecule has 150 valence electrons. The van der Waals surface area contributed by atoms with E-state index >= 15 is 0 Å². The molecule has 1 amide bonds. The Morgan fingerprint density at radius 3 is 2.44 bits per heavy atom. The van der Waals surface area contributed by atoms with Crippen molar-refractivity contribution in [1.82, 2.24) is 9.21 Å². The largest absolute Gasteiger partial charge is 0.369 e. The van der Waals surface area contributed by atoms with Gasteiger partial charge in [-0.1, -0.05) is 18.9 Å². The summed E-state index contributed by atoms with van der Waals surface area (Å²) in [4.78, 5) is 15.0. The van der Waals surface area contributed by atoms with Gasteiger partial charge in [0.2, 0.25) is 10.0 Å². The van der Waals surface area contributed by atoms with E-state index in [2.05, 4.69) is 0 Å². The van der Waals surface area contributed by atoms with Gasteiger partial charge in [0, 0.05) is 31.7 Å². The van der Waals surface area contributed by atoms with Crippen molar-refractivity contribution < 1.29 is 17.9 Å². The fraction of sp³-hybridized carbons (Fsp3) is 0.650. The number of hydrogen-bond acceptors (Lipinski definition) is 4. The van der Waals surface area contributed by atoms with Crippen LogP contribution in [0, 0.1) is 0 Å². The van der Waals surface area contributed by atoms with Gasteiger partial charge < -0.3 is 9.64 Å². The molecule has 1 aromatic rings. The predicted octanol–water partition coefficient (Wildman–Crippen LogP) is 2.89. The Balaban J connectivity index is 1.83.